The minimum atomic E-state index is -0.146. The fourth-order valence-corrected chi connectivity index (χ4v) is 4.11. The zero-order chi connectivity index (χ0) is 22.0. The number of piperidine rings is 1. The van der Waals surface area contributed by atoms with Crippen LogP contribution in [-0.2, 0) is 4.79 Å². The van der Waals surface area contributed by atoms with Gasteiger partial charge in [-0.2, -0.15) is 0 Å². The molecule has 1 N–H and O–H groups in total. The number of carbonyl (C=O) groups excluding carboxylic acids is 3. The highest BCUT2D eigenvalue weighted by Crippen LogP contribution is 2.34. The zero-order valence-corrected chi connectivity index (χ0v) is 17.8. The number of para-hydroxylation sites is 2. The number of nitrogens with one attached hydrogen (secondary N) is 1. The maximum Gasteiger partial charge on any atom is 0.324 e. The number of rotatable bonds is 3. The average Bonchev–Trinajstić information content (AvgIpc) is 2.78. The third kappa shape index (κ3) is 4.55. The van der Waals surface area contributed by atoms with Gasteiger partial charge >= 0.3 is 6.03 Å². The predicted octanol–water partition coefficient (Wildman–Crippen LogP) is 3.95. The quantitative estimate of drug-likeness (QED) is 0.761. The van der Waals surface area contributed by atoms with E-state index in [1.54, 1.807) is 29.2 Å². The van der Waals surface area contributed by atoms with E-state index in [9.17, 15) is 14.4 Å². The Morgan fingerprint density at radius 1 is 1.00 bits per heavy atom. The van der Waals surface area contributed by atoms with Crippen LogP contribution in [0.4, 0.5) is 16.2 Å². The van der Waals surface area contributed by atoms with Crippen LogP contribution in [-0.4, -0.2) is 48.4 Å². The maximum absolute atomic E-state index is 13.2. The third-order valence-electron chi connectivity index (χ3n) is 5.85. The lowest BCUT2D eigenvalue weighted by Crippen LogP contribution is -2.51. The van der Waals surface area contributed by atoms with Crippen LogP contribution < -0.4 is 15.0 Å². The summed E-state index contributed by atoms with van der Waals surface area (Å²) in [6, 6.07) is 14.4. The van der Waals surface area contributed by atoms with Crippen LogP contribution in [0.15, 0.2) is 48.5 Å². The summed E-state index contributed by atoms with van der Waals surface area (Å²) in [5, 5.41) is 2.92. The molecular weight excluding hydrogens is 394 g/mol. The highest BCUT2D eigenvalue weighted by molar-refractivity contribution is 5.97. The molecular formula is C24H27N3O4. The molecule has 7 heteroatoms. The Hall–Kier alpha value is -3.35. The van der Waals surface area contributed by atoms with Gasteiger partial charge in [0, 0.05) is 30.3 Å². The summed E-state index contributed by atoms with van der Waals surface area (Å²) >= 11 is 0. The zero-order valence-electron chi connectivity index (χ0n) is 17.8. The van der Waals surface area contributed by atoms with E-state index in [2.05, 4.69) is 5.32 Å². The largest absolute Gasteiger partial charge is 0.487 e. The van der Waals surface area contributed by atoms with Crippen molar-refractivity contribution in [1.82, 2.24) is 4.90 Å². The summed E-state index contributed by atoms with van der Waals surface area (Å²) in [6.45, 7) is 5.04. The van der Waals surface area contributed by atoms with Gasteiger partial charge in [-0.3, -0.25) is 14.5 Å². The second kappa shape index (κ2) is 8.79. The number of ketones is 1. The first-order valence-corrected chi connectivity index (χ1v) is 10.7. The molecule has 2 heterocycles. The van der Waals surface area contributed by atoms with E-state index in [1.807, 2.05) is 36.1 Å². The van der Waals surface area contributed by atoms with Gasteiger partial charge in [0.15, 0.2) is 5.78 Å². The molecule has 4 rings (SSSR count). The summed E-state index contributed by atoms with van der Waals surface area (Å²) in [5.74, 6) is 0.521. The monoisotopic (exact) mass is 421 g/mol. The van der Waals surface area contributed by atoms with Gasteiger partial charge in [0.25, 0.3) is 0 Å². The molecule has 1 saturated heterocycles. The molecule has 3 amide bonds. The Labute approximate surface area is 182 Å². The van der Waals surface area contributed by atoms with E-state index >= 15 is 0 Å². The number of Topliss-reactive ketones (excluding diaryl/α,β-unsaturated/α-hetero) is 1. The second-order valence-corrected chi connectivity index (χ2v) is 8.17. The lowest BCUT2D eigenvalue weighted by molar-refractivity contribution is -0.121. The van der Waals surface area contributed by atoms with E-state index in [4.69, 9.17) is 4.74 Å². The van der Waals surface area contributed by atoms with Crippen LogP contribution in [0.1, 0.15) is 37.0 Å². The van der Waals surface area contributed by atoms with Crippen molar-refractivity contribution in [2.24, 2.45) is 5.92 Å². The van der Waals surface area contributed by atoms with Gasteiger partial charge in [0.1, 0.15) is 11.9 Å². The number of ether oxygens (including phenoxy) is 1. The molecule has 7 nitrogen and oxygen atoms in total. The lowest BCUT2D eigenvalue weighted by Gasteiger charge is -2.39. The number of likely N-dealkylation sites (tertiary alicyclic amines) is 1. The third-order valence-corrected chi connectivity index (χ3v) is 5.85. The van der Waals surface area contributed by atoms with Crippen molar-refractivity contribution in [3.63, 3.8) is 0 Å². The number of benzene rings is 2. The van der Waals surface area contributed by atoms with E-state index in [0.717, 1.165) is 11.4 Å². The predicted molar refractivity (Wildman–Crippen MR) is 119 cm³/mol. The highest BCUT2D eigenvalue weighted by atomic mass is 16.5. The minimum absolute atomic E-state index is 0.00722. The number of urea groups is 1. The molecule has 1 fully saturated rings. The summed E-state index contributed by atoms with van der Waals surface area (Å²) < 4.78 is 5.84. The van der Waals surface area contributed by atoms with Crippen molar-refractivity contribution in [2.75, 3.05) is 29.9 Å². The summed E-state index contributed by atoms with van der Waals surface area (Å²) in [4.78, 5) is 40.8. The second-order valence-electron chi connectivity index (χ2n) is 8.17. The van der Waals surface area contributed by atoms with Crippen molar-refractivity contribution in [2.45, 2.75) is 32.8 Å². The number of amides is 3. The van der Waals surface area contributed by atoms with E-state index in [0.29, 0.717) is 43.7 Å². The SMILES string of the molecule is CC(=O)c1ccc(NC(=O)C2CCN(C(=O)N3C[C@@H](C)Oc4ccccc43)CC2)cc1. The smallest absolute Gasteiger partial charge is 0.324 e. The van der Waals surface area contributed by atoms with Gasteiger partial charge in [0.2, 0.25) is 5.91 Å². The van der Waals surface area contributed by atoms with Crippen LogP contribution in [0.3, 0.4) is 0 Å². The fraction of sp³-hybridized carbons (Fsp3) is 0.375. The lowest BCUT2D eigenvalue weighted by atomic mass is 9.96. The van der Waals surface area contributed by atoms with Gasteiger partial charge < -0.3 is 15.0 Å². The first-order valence-electron chi connectivity index (χ1n) is 10.7. The van der Waals surface area contributed by atoms with Crippen molar-refractivity contribution in [3.8, 4) is 5.75 Å². The summed E-state index contributed by atoms with van der Waals surface area (Å²) in [6.07, 6.45) is 1.16. The van der Waals surface area contributed by atoms with Crippen molar-refractivity contribution in [3.05, 3.63) is 54.1 Å². The molecule has 0 spiro atoms. The number of anilines is 2. The fourth-order valence-electron chi connectivity index (χ4n) is 4.11. The normalized spacial score (nSPS) is 18.7. The van der Waals surface area contributed by atoms with Crippen LogP contribution in [0.25, 0.3) is 0 Å². The van der Waals surface area contributed by atoms with E-state index in [1.165, 1.54) is 6.92 Å². The number of hydrogen-bond donors (Lipinski definition) is 1. The maximum atomic E-state index is 13.2. The van der Waals surface area contributed by atoms with Crippen molar-refractivity contribution in [1.29, 1.82) is 0 Å². The van der Waals surface area contributed by atoms with Crippen LogP contribution in [0, 0.1) is 5.92 Å². The Kier molecular flexibility index (Phi) is 5.93. The van der Waals surface area contributed by atoms with E-state index in [-0.39, 0.29) is 29.7 Å². The number of hydrogen-bond acceptors (Lipinski definition) is 4. The van der Waals surface area contributed by atoms with Gasteiger partial charge in [-0.25, -0.2) is 4.79 Å². The first-order chi connectivity index (χ1) is 14.9. The molecule has 0 saturated carbocycles. The molecule has 31 heavy (non-hydrogen) atoms. The van der Waals surface area contributed by atoms with Crippen LogP contribution >= 0.6 is 0 Å². The molecule has 2 aromatic rings. The number of nitrogens with zero attached hydrogens (tertiary/aromatic N) is 2. The van der Waals surface area contributed by atoms with Gasteiger partial charge in [-0.05, 0) is 63.1 Å². The number of fused-ring (bicyclic) bond motifs is 1. The molecule has 162 valence electrons. The topological polar surface area (TPSA) is 79.0 Å². The Morgan fingerprint density at radius 3 is 2.35 bits per heavy atom. The standard InChI is InChI=1S/C24H27N3O4/c1-16-15-27(21-5-3-4-6-22(21)31-16)24(30)26-13-11-19(12-14-26)23(29)25-20-9-7-18(8-10-20)17(2)28/h3-10,16,19H,11-15H2,1-2H3,(H,25,29)/t16-/m1/s1. The Morgan fingerprint density at radius 2 is 1.68 bits per heavy atom. The van der Waals surface area contributed by atoms with Gasteiger partial charge in [-0.15, -0.1) is 0 Å². The van der Waals surface area contributed by atoms with E-state index < -0.39 is 0 Å². The van der Waals surface area contributed by atoms with Crippen LogP contribution in [0.5, 0.6) is 5.75 Å². The summed E-state index contributed by atoms with van der Waals surface area (Å²) in [7, 11) is 0. The number of carbonyl (C=O) groups is 3. The molecule has 0 aromatic heterocycles. The van der Waals surface area contributed by atoms with Crippen molar-refractivity contribution >= 4 is 29.1 Å². The molecule has 0 aliphatic carbocycles. The minimum Gasteiger partial charge on any atom is -0.487 e. The van der Waals surface area contributed by atoms with Gasteiger partial charge in [-0.1, -0.05) is 12.1 Å². The highest BCUT2D eigenvalue weighted by Gasteiger charge is 2.33. The molecule has 0 radical (unpaired) electrons. The molecule has 2 aromatic carbocycles. The summed E-state index contributed by atoms with van der Waals surface area (Å²) in [5.41, 5.74) is 2.08. The molecule has 2 aliphatic heterocycles. The molecule has 1 atom stereocenters. The average molecular weight is 421 g/mol. The van der Waals surface area contributed by atoms with Crippen LogP contribution in [0.2, 0.25) is 0 Å². The van der Waals surface area contributed by atoms with Crippen molar-refractivity contribution < 1.29 is 19.1 Å². The molecule has 2 aliphatic rings. The molecule has 0 unspecified atom stereocenters. The first kappa shape index (κ1) is 20.9. The van der Waals surface area contributed by atoms with Gasteiger partial charge in [0.05, 0.1) is 12.2 Å². The molecule has 0 bridgehead atoms. The Bertz CT molecular complexity index is 981. The Balaban J connectivity index is 1.35.